The van der Waals surface area contributed by atoms with Crippen molar-refractivity contribution in [3.05, 3.63) is 28.8 Å². The summed E-state index contributed by atoms with van der Waals surface area (Å²) in [6.45, 7) is 7.97. The third-order valence-electron chi connectivity index (χ3n) is 3.69. The predicted molar refractivity (Wildman–Crippen MR) is 73.1 cm³/mol. The topological polar surface area (TPSA) is 38.7 Å². The molecule has 0 radical (unpaired) electrons. The van der Waals surface area contributed by atoms with Crippen molar-refractivity contribution in [2.75, 3.05) is 0 Å². The second-order valence-electron chi connectivity index (χ2n) is 5.64. The second kappa shape index (κ2) is 4.53. The number of hydrogen-bond donors (Lipinski definition) is 1. The van der Waals surface area contributed by atoms with Gasteiger partial charge >= 0.3 is 7.12 Å². The van der Waals surface area contributed by atoms with Crippen LogP contribution < -0.4 is 5.46 Å². The van der Waals surface area contributed by atoms with E-state index >= 15 is 0 Å². The molecule has 0 atom stereocenters. The summed E-state index contributed by atoms with van der Waals surface area (Å²) in [5.74, 6) is 0. The maximum Gasteiger partial charge on any atom is 0.494 e. The number of halogens is 1. The molecule has 1 aliphatic rings. The smallest absolute Gasteiger partial charge is 0.399 e. The Balaban J connectivity index is 2.32. The number of aliphatic hydroxyl groups is 1. The van der Waals surface area contributed by atoms with Gasteiger partial charge < -0.3 is 14.4 Å². The molecule has 5 heteroatoms. The van der Waals surface area contributed by atoms with Crippen molar-refractivity contribution >= 4 is 24.2 Å². The predicted octanol–water partition coefficient (Wildman–Crippen LogP) is 2.13. The van der Waals surface area contributed by atoms with Crippen LogP contribution in [0.25, 0.3) is 0 Å². The molecule has 0 spiro atoms. The van der Waals surface area contributed by atoms with Crippen LogP contribution in [-0.2, 0) is 15.9 Å². The van der Waals surface area contributed by atoms with E-state index in [0.29, 0.717) is 5.02 Å². The molecule has 1 heterocycles. The molecule has 0 bridgehead atoms. The minimum atomic E-state index is -0.445. The first kappa shape index (κ1) is 13.9. The van der Waals surface area contributed by atoms with Gasteiger partial charge in [0.1, 0.15) is 0 Å². The van der Waals surface area contributed by atoms with Crippen LogP contribution in [-0.4, -0.2) is 23.4 Å². The van der Waals surface area contributed by atoms with Gasteiger partial charge in [-0.15, -0.1) is 0 Å². The Labute approximate surface area is 113 Å². The Bertz CT molecular complexity index is 444. The van der Waals surface area contributed by atoms with E-state index in [1.807, 2.05) is 39.8 Å². The average Bonchev–Trinajstić information content (AvgIpc) is 2.47. The van der Waals surface area contributed by atoms with E-state index in [1.54, 1.807) is 6.07 Å². The van der Waals surface area contributed by atoms with E-state index in [0.717, 1.165) is 11.0 Å². The molecule has 2 rings (SSSR count). The fraction of sp³-hybridized carbons (Fsp3) is 0.538. The summed E-state index contributed by atoms with van der Waals surface area (Å²) in [4.78, 5) is 0. The van der Waals surface area contributed by atoms with Crippen molar-refractivity contribution in [3.8, 4) is 0 Å². The van der Waals surface area contributed by atoms with E-state index in [4.69, 9.17) is 20.9 Å². The Morgan fingerprint density at radius 1 is 1.11 bits per heavy atom. The van der Waals surface area contributed by atoms with Crippen LogP contribution in [0.5, 0.6) is 0 Å². The lowest BCUT2D eigenvalue weighted by Crippen LogP contribution is -2.41. The molecule has 1 N–H and O–H groups in total. The lowest BCUT2D eigenvalue weighted by molar-refractivity contribution is 0.00578. The van der Waals surface area contributed by atoms with Crippen LogP contribution in [0.4, 0.5) is 0 Å². The zero-order valence-electron chi connectivity index (χ0n) is 11.2. The van der Waals surface area contributed by atoms with Gasteiger partial charge in [-0.05, 0) is 50.9 Å². The van der Waals surface area contributed by atoms with Crippen molar-refractivity contribution < 1.29 is 14.4 Å². The van der Waals surface area contributed by atoms with Gasteiger partial charge in [0.15, 0.2) is 0 Å². The van der Waals surface area contributed by atoms with Crippen molar-refractivity contribution in [2.24, 2.45) is 0 Å². The summed E-state index contributed by atoms with van der Waals surface area (Å²) in [7, 11) is -0.445. The summed E-state index contributed by atoms with van der Waals surface area (Å²) < 4.78 is 11.9. The highest BCUT2D eigenvalue weighted by Crippen LogP contribution is 2.36. The molecule has 0 unspecified atom stereocenters. The molecular formula is C13H18BClO3. The third-order valence-corrected chi connectivity index (χ3v) is 3.91. The fourth-order valence-corrected chi connectivity index (χ4v) is 2.15. The first-order valence-electron chi connectivity index (χ1n) is 6.01. The maximum absolute atomic E-state index is 9.19. The second-order valence-corrected chi connectivity index (χ2v) is 6.08. The first-order valence-corrected chi connectivity index (χ1v) is 6.39. The molecule has 1 aliphatic heterocycles. The SMILES string of the molecule is CC1(C)OB(c2cc(Cl)cc(CO)c2)OC1(C)C. The number of aliphatic hydroxyl groups excluding tert-OH is 1. The summed E-state index contributed by atoms with van der Waals surface area (Å²) >= 11 is 6.03. The molecule has 3 nitrogen and oxygen atoms in total. The summed E-state index contributed by atoms with van der Waals surface area (Å²) in [5.41, 5.74) is 0.844. The van der Waals surface area contributed by atoms with E-state index in [1.165, 1.54) is 0 Å². The Morgan fingerprint density at radius 2 is 1.67 bits per heavy atom. The van der Waals surface area contributed by atoms with E-state index in [2.05, 4.69) is 0 Å². The lowest BCUT2D eigenvalue weighted by Gasteiger charge is -2.32. The molecule has 18 heavy (non-hydrogen) atoms. The Kier molecular flexibility index (Phi) is 3.49. The number of hydrogen-bond acceptors (Lipinski definition) is 3. The zero-order valence-corrected chi connectivity index (χ0v) is 11.9. The van der Waals surface area contributed by atoms with Gasteiger partial charge in [0.05, 0.1) is 17.8 Å². The van der Waals surface area contributed by atoms with Crippen LogP contribution >= 0.6 is 11.6 Å². The van der Waals surface area contributed by atoms with Crippen molar-refractivity contribution in [1.82, 2.24) is 0 Å². The van der Waals surface area contributed by atoms with E-state index in [9.17, 15) is 5.11 Å². The molecule has 0 saturated carbocycles. The molecule has 0 aliphatic carbocycles. The number of benzene rings is 1. The molecule has 1 aromatic carbocycles. The van der Waals surface area contributed by atoms with E-state index < -0.39 is 7.12 Å². The largest absolute Gasteiger partial charge is 0.494 e. The van der Waals surface area contributed by atoms with Crippen LogP contribution in [0.2, 0.25) is 5.02 Å². The van der Waals surface area contributed by atoms with Gasteiger partial charge in [-0.25, -0.2) is 0 Å². The molecule has 1 saturated heterocycles. The average molecular weight is 269 g/mol. The zero-order chi connectivity index (χ0) is 13.6. The first-order chi connectivity index (χ1) is 8.25. The third kappa shape index (κ3) is 2.43. The molecular weight excluding hydrogens is 250 g/mol. The highest BCUT2D eigenvalue weighted by atomic mass is 35.5. The monoisotopic (exact) mass is 268 g/mol. The minimum absolute atomic E-state index is 0.0485. The van der Waals surface area contributed by atoms with Crippen LogP contribution in [0.15, 0.2) is 18.2 Å². The standard InChI is InChI=1S/C13H18BClO3/c1-12(2)13(3,4)18-14(17-12)10-5-9(8-16)6-11(15)7-10/h5-7,16H,8H2,1-4H3. The van der Waals surface area contributed by atoms with Crippen molar-refractivity contribution in [3.63, 3.8) is 0 Å². The maximum atomic E-state index is 9.19. The van der Waals surface area contributed by atoms with Crippen molar-refractivity contribution in [2.45, 2.75) is 45.5 Å². The molecule has 0 amide bonds. The molecule has 98 valence electrons. The van der Waals surface area contributed by atoms with Gasteiger partial charge in [0, 0.05) is 5.02 Å². The Hall–Kier alpha value is -0.545. The Morgan fingerprint density at radius 3 is 2.17 bits per heavy atom. The molecule has 1 aromatic rings. The normalized spacial score (nSPS) is 21.3. The summed E-state index contributed by atoms with van der Waals surface area (Å²) in [6, 6.07) is 5.40. The highest BCUT2D eigenvalue weighted by molar-refractivity contribution is 6.62. The van der Waals surface area contributed by atoms with Gasteiger partial charge in [-0.2, -0.15) is 0 Å². The van der Waals surface area contributed by atoms with Crippen LogP contribution in [0, 0.1) is 0 Å². The molecule has 1 fully saturated rings. The minimum Gasteiger partial charge on any atom is -0.399 e. The van der Waals surface area contributed by atoms with E-state index in [-0.39, 0.29) is 17.8 Å². The summed E-state index contributed by atoms with van der Waals surface area (Å²) in [5, 5.41) is 9.77. The summed E-state index contributed by atoms with van der Waals surface area (Å²) in [6.07, 6.45) is 0. The van der Waals surface area contributed by atoms with Gasteiger partial charge in [0.25, 0.3) is 0 Å². The fourth-order valence-electron chi connectivity index (χ4n) is 1.88. The van der Waals surface area contributed by atoms with Gasteiger partial charge in [0.2, 0.25) is 0 Å². The van der Waals surface area contributed by atoms with Crippen molar-refractivity contribution in [1.29, 1.82) is 0 Å². The van der Waals surface area contributed by atoms with Gasteiger partial charge in [-0.3, -0.25) is 0 Å². The highest BCUT2D eigenvalue weighted by Gasteiger charge is 2.51. The number of rotatable bonds is 2. The van der Waals surface area contributed by atoms with Crippen LogP contribution in [0.1, 0.15) is 33.3 Å². The molecule has 0 aromatic heterocycles. The quantitative estimate of drug-likeness (QED) is 0.835. The lowest BCUT2D eigenvalue weighted by atomic mass is 9.78. The van der Waals surface area contributed by atoms with Crippen LogP contribution in [0.3, 0.4) is 0 Å². The van der Waals surface area contributed by atoms with Gasteiger partial charge in [-0.1, -0.05) is 17.7 Å².